The lowest BCUT2D eigenvalue weighted by Gasteiger charge is -2.36. The first-order valence-corrected chi connectivity index (χ1v) is 8.97. The third kappa shape index (κ3) is 4.57. The predicted molar refractivity (Wildman–Crippen MR) is 93.8 cm³/mol. The number of carbonyl (C=O) groups is 1. The van der Waals surface area contributed by atoms with E-state index in [9.17, 15) is 4.79 Å². The first-order valence-electron chi connectivity index (χ1n) is 8.60. The molecule has 1 saturated heterocycles. The summed E-state index contributed by atoms with van der Waals surface area (Å²) >= 11 is 5.86. The number of aryl methyl sites for hydroxylation is 2. The molecule has 1 aliphatic rings. The van der Waals surface area contributed by atoms with Gasteiger partial charge in [0.1, 0.15) is 0 Å². The Morgan fingerprint density at radius 3 is 3.00 bits per heavy atom. The van der Waals surface area contributed by atoms with E-state index in [1.807, 2.05) is 18.3 Å². The van der Waals surface area contributed by atoms with E-state index in [1.54, 1.807) is 17.1 Å². The Labute approximate surface area is 147 Å². The number of hydrogen-bond donors (Lipinski definition) is 0. The molecule has 3 heterocycles. The lowest BCUT2D eigenvalue weighted by Crippen LogP contribution is -2.44. The molecule has 0 spiro atoms. The lowest BCUT2D eigenvalue weighted by atomic mass is 9.96. The zero-order chi connectivity index (χ0) is 16.8. The van der Waals surface area contributed by atoms with Gasteiger partial charge in [-0.3, -0.25) is 14.5 Å². The van der Waals surface area contributed by atoms with E-state index in [1.165, 1.54) is 6.42 Å². The summed E-state index contributed by atoms with van der Waals surface area (Å²) in [6, 6.07) is 6.33. The molecule has 3 rings (SSSR count). The van der Waals surface area contributed by atoms with E-state index in [0.29, 0.717) is 24.0 Å². The van der Waals surface area contributed by atoms with Crippen molar-refractivity contribution in [1.29, 1.82) is 0 Å². The fourth-order valence-electron chi connectivity index (χ4n) is 3.30. The number of likely N-dealkylation sites (tertiary alicyclic amines) is 1. The van der Waals surface area contributed by atoms with Crippen LogP contribution in [0.1, 0.15) is 37.8 Å². The number of carbonyl (C=O) groups excluding carboxylic acids is 1. The van der Waals surface area contributed by atoms with E-state index in [2.05, 4.69) is 21.0 Å². The molecule has 1 aliphatic heterocycles. The average Bonchev–Trinajstić information content (AvgIpc) is 3.04. The van der Waals surface area contributed by atoms with Gasteiger partial charge in [0.05, 0.1) is 11.2 Å². The minimum atomic E-state index is 0.215. The van der Waals surface area contributed by atoms with Gasteiger partial charge in [0, 0.05) is 43.6 Å². The van der Waals surface area contributed by atoms with Crippen molar-refractivity contribution in [2.75, 3.05) is 6.54 Å². The molecular formula is C18H23ClN4O. The van der Waals surface area contributed by atoms with Gasteiger partial charge in [-0.1, -0.05) is 17.7 Å². The standard InChI is InChI=1S/C18H23ClN4O/c19-15-13-21-22(14-15)12-9-18(24)23-11-4-2-6-17(23)8-7-16-5-1-3-10-20-16/h1,3,5,10,13-14,17H,2,4,6-9,11-12H2/t17-/m0/s1. The second-order valence-corrected chi connectivity index (χ2v) is 6.70. The normalized spacial score (nSPS) is 17.9. The average molecular weight is 347 g/mol. The molecule has 5 nitrogen and oxygen atoms in total. The molecule has 1 atom stereocenters. The third-order valence-electron chi connectivity index (χ3n) is 4.56. The molecule has 0 bridgehead atoms. The quantitative estimate of drug-likeness (QED) is 0.806. The van der Waals surface area contributed by atoms with Crippen molar-refractivity contribution in [1.82, 2.24) is 19.7 Å². The monoisotopic (exact) mass is 346 g/mol. The Balaban J connectivity index is 1.54. The van der Waals surface area contributed by atoms with Crippen molar-refractivity contribution in [3.8, 4) is 0 Å². The maximum absolute atomic E-state index is 12.6. The Morgan fingerprint density at radius 1 is 1.33 bits per heavy atom. The summed E-state index contributed by atoms with van der Waals surface area (Å²) < 4.78 is 1.73. The summed E-state index contributed by atoms with van der Waals surface area (Å²) in [4.78, 5) is 19.1. The Bertz CT molecular complexity index is 658. The van der Waals surface area contributed by atoms with Crippen LogP contribution in [0.4, 0.5) is 0 Å². The Morgan fingerprint density at radius 2 is 2.25 bits per heavy atom. The zero-order valence-corrected chi connectivity index (χ0v) is 14.5. The molecule has 0 radical (unpaired) electrons. The molecule has 1 fully saturated rings. The molecule has 0 saturated carbocycles. The van der Waals surface area contributed by atoms with Crippen LogP contribution in [-0.2, 0) is 17.8 Å². The van der Waals surface area contributed by atoms with E-state index in [0.717, 1.165) is 37.9 Å². The van der Waals surface area contributed by atoms with Crippen LogP contribution in [0.3, 0.4) is 0 Å². The molecule has 0 aliphatic carbocycles. The lowest BCUT2D eigenvalue weighted by molar-refractivity contribution is -0.135. The number of halogens is 1. The van der Waals surface area contributed by atoms with Gasteiger partial charge in [0.25, 0.3) is 0 Å². The van der Waals surface area contributed by atoms with E-state index in [4.69, 9.17) is 11.6 Å². The van der Waals surface area contributed by atoms with E-state index < -0.39 is 0 Å². The number of pyridine rings is 1. The van der Waals surface area contributed by atoms with Crippen molar-refractivity contribution >= 4 is 17.5 Å². The summed E-state index contributed by atoms with van der Waals surface area (Å²) in [5.41, 5.74) is 1.10. The second kappa shape index (κ2) is 8.29. The van der Waals surface area contributed by atoms with Crippen molar-refractivity contribution in [3.05, 3.63) is 47.5 Å². The highest BCUT2D eigenvalue weighted by molar-refractivity contribution is 6.30. The van der Waals surface area contributed by atoms with Crippen LogP contribution in [0, 0.1) is 0 Å². The van der Waals surface area contributed by atoms with Crippen molar-refractivity contribution in [3.63, 3.8) is 0 Å². The number of hydrogen-bond acceptors (Lipinski definition) is 3. The Kier molecular flexibility index (Phi) is 5.86. The topological polar surface area (TPSA) is 51.0 Å². The zero-order valence-electron chi connectivity index (χ0n) is 13.8. The van der Waals surface area contributed by atoms with Crippen molar-refractivity contribution in [2.24, 2.45) is 0 Å². The smallest absolute Gasteiger partial charge is 0.224 e. The fourth-order valence-corrected chi connectivity index (χ4v) is 3.46. The van der Waals surface area contributed by atoms with Gasteiger partial charge in [-0.25, -0.2) is 0 Å². The largest absolute Gasteiger partial charge is 0.340 e. The summed E-state index contributed by atoms with van der Waals surface area (Å²) in [5, 5.41) is 4.74. The van der Waals surface area contributed by atoms with E-state index in [-0.39, 0.29) is 5.91 Å². The van der Waals surface area contributed by atoms with Gasteiger partial charge in [0.15, 0.2) is 0 Å². The molecule has 2 aromatic heterocycles. The highest BCUT2D eigenvalue weighted by Gasteiger charge is 2.26. The van der Waals surface area contributed by atoms with Crippen LogP contribution in [0.2, 0.25) is 5.02 Å². The minimum Gasteiger partial charge on any atom is -0.340 e. The number of piperidine rings is 1. The SMILES string of the molecule is O=C(CCn1cc(Cl)cn1)N1CCCC[C@H]1CCc1ccccn1. The van der Waals surface area contributed by atoms with Crippen LogP contribution in [0.15, 0.2) is 36.8 Å². The number of rotatable bonds is 6. The van der Waals surface area contributed by atoms with Gasteiger partial charge in [-0.2, -0.15) is 5.10 Å². The molecule has 0 aromatic carbocycles. The van der Waals surface area contributed by atoms with E-state index >= 15 is 0 Å². The molecular weight excluding hydrogens is 324 g/mol. The first-order chi connectivity index (χ1) is 11.7. The summed E-state index contributed by atoms with van der Waals surface area (Å²) in [7, 11) is 0. The fraction of sp³-hybridized carbons (Fsp3) is 0.500. The van der Waals surface area contributed by atoms with Crippen LogP contribution in [0.5, 0.6) is 0 Å². The van der Waals surface area contributed by atoms with Crippen LogP contribution < -0.4 is 0 Å². The maximum atomic E-state index is 12.6. The summed E-state index contributed by atoms with van der Waals surface area (Å²) in [6.07, 6.45) is 10.9. The number of amides is 1. The molecule has 0 unspecified atom stereocenters. The summed E-state index contributed by atoms with van der Waals surface area (Å²) in [5.74, 6) is 0.215. The molecule has 128 valence electrons. The minimum absolute atomic E-state index is 0.215. The van der Waals surface area contributed by atoms with Gasteiger partial charge < -0.3 is 4.90 Å². The maximum Gasteiger partial charge on any atom is 0.224 e. The summed E-state index contributed by atoms with van der Waals surface area (Å²) in [6.45, 7) is 1.45. The van der Waals surface area contributed by atoms with Gasteiger partial charge >= 0.3 is 0 Å². The third-order valence-corrected chi connectivity index (χ3v) is 4.76. The van der Waals surface area contributed by atoms with Crippen LogP contribution >= 0.6 is 11.6 Å². The van der Waals surface area contributed by atoms with Gasteiger partial charge in [0.2, 0.25) is 5.91 Å². The number of nitrogens with zero attached hydrogens (tertiary/aromatic N) is 4. The van der Waals surface area contributed by atoms with Crippen LogP contribution in [0.25, 0.3) is 0 Å². The van der Waals surface area contributed by atoms with Gasteiger partial charge in [-0.05, 0) is 44.2 Å². The highest BCUT2D eigenvalue weighted by atomic mass is 35.5. The highest BCUT2D eigenvalue weighted by Crippen LogP contribution is 2.22. The molecule has 2 aromatic rings. The van der Waals surface area contributed by atoms with Crippen molar-refractivity contribution in [2.45, 2.75) is 51.1 Å². The molecule has 1 amide bonds. The molecule has 0 N–H and O–H groups in total. The first kappa shape index (κ1) is 17.0. The predicted octanol–water partition coefficient (Wildman–Crippen LogP) is 3.34. The molecule has 6 heteroatoms. The number of aromatic nitrogens is 3. The van der Waals surface area contributed by atoms with Crippen molar-refractivity contribution < 1.29 is 4.79 Å². The molecule has 24 heavy (non-hydrogen) atoms. The van der Waals surface area contributed by atoms with Crippen LogP contribution in [-0.4, -0.2) is 38.2 Å². The van der Waals surface area contributed by atoms with Gasteiger partial charge in [-0.15, -0.1) is 0 Å². The Hall–Kier alpha value is -1.88. The second-order valence-electron chi connectivity index (χ2n) is 6.27.